The third kappa shape index (κ3) is 7.69. The van der Waals surface area contributed by atoms with Gasteiger partial charge < -0.3 is 25.2 Å². The summed E-state index contributed by atoms with van der Waals surface area (Å²) in [5.74, 6) is -3.52. The Morgan fingerprint density at radius 1 is 1.08 bits per heavy atom. The molecule has 1 aromatic heterocycles. The fourth-order valence-electron chi connectivity index (χ4n) is 6.37. The Labute approximate surface area is 277 Å². The molecule has 3 aromatic rings. The molecule has 3 atom stereocenters. The normalized spacial score (nSPS) is 18.4. The van der Waals surface area contributed by atoms with E-state index >= 15 is 4.39 Å². The number of carbonyl (C=O) groups is 4. The van der Waals surface area contributed by atoms with E-state index in [1.54, 1.807) is 6.20 Å². The maximum absolute atomic E-state index is 15.0. The average Bonchev–Trinajstić information content (AvgIpc) is 3.77. The molecule has 3 heterocycles. The lowest BCUT2D eigenvalue weighted by molar-refractivity contribution is -0.141. The Morgan fingerprint density at radius 2 is 1.79 bits per heavy atom. The summed E-state index contributed by atoms with van der Waals surface area (Å²) in [4.78, 5) is 58.1. The monoisotopic (exact) mass is 662 g/mol. The molecule has 13 heteroatoms. The van der Waals surface area contributed by atoms with Gasteiger partial charge in [0.2, 0.25) is 11.8 Å². The Kier molecular flexibility index (Phi) is 10.5. The molecule has 4 amide bonds. The lowest BCUT2D eigenvalue weighted by Gasteiger charge is -2.41. The number of aromatic nitrogens is 2. The zero-order valence-corrected chi connectivity index (χ0v) is 27.2. The van der Waals surface area contributed by atoms with E-state index in [2.05, 4.69) is 10.6 Å². The quantitative estimate of drug-likeness (QED) is 0.254. The molecule has 0 radical (unpaired) electrons. The first-order valence-corrected chi connectivity index (χ1v) is 15.9. The number of rotatable bonds is 12. The summed E-state index contributed by atoms with van der Waals surface area (Å²) in [6.45, 7) is 6.23. The molecule has 2 aliphatic heterocycles. The number of halogens is 2. The van der Waals surface area contributed by atoms with Crippen LogP contribution in [0.2, 0.25) is 0 Å². The Hall–Kier alpha value is -4.75. The number of nitrogens with one attached hydrogen (secondary N) is 2. The first-order chi connectivity index (χ1) is 22.9. The van der Waals surface area contributed by atoms with Gasteiger partial charge in [0, 0.05) is 69.1 Å². The molecule has 1 saturated heterocycles. The second kappa shape index (κ2) is 14.6. The number of imide groups is 1. The van der Waals surface area contributed by atoms with E-state index in [1.807, 2.05) is 55.7 Å². The highest BCUT2D eigenvalue weighted by Crippen LogP contribution is 2.40. The molecule has 254 valence electrons. The maximum Gasteiger partial charge on any atom is 0.253 e. The first kappa shape index (κ1) is 34.6. The van der Waals surface area contributed by atoms with Gasteiger partial charge in [0.05, 0.1) is 17.7 Å². The molecule has 48 heavy (non-hydrogen) atoms. The SMILES string of the molecule is CC(C)(C)[C@H](c1nc(-c2cc(F)ccc2F)cn1Cc1ccccc1)N(CC1CNCC1C(=O)NCCN1C(=O)C=CC1=O)C(=O)CO. The van der Waals surface area contributed by atoms with Crippen LogP contribution >= 0.6 is 0 Å². The van der Waals surface area contributed by atoms with Crippen molar-refractivity contribution < 1.29 is 33.1 Å². The summed E-state index contributed by atoms with van der Waals surface area (Å²) < 4.78 is 31.1. The number of imidazole rings is 1. The lowest BCUT2D eigenvalue weighted by atomic mass is 9.83. The van der Waals surface area contributed by atoms with E-state index in [1.165, 1.54) is 17.1 Å². The molecule has 3 N–H and O–H groups in total. The Morgan fingerprint density at radius 3 is 2.46 bits per heavy atom. The fraction of sp³-hybridized carbons (Fsp3) is 0.400. The second-order valence-corrected chi connectivity index (χ2v) is 13.2. The molecule has 11 nitrogen and oxygen atoms in total. The van der Waals surface area contributed by atoms with Crippen LogP contribution in [-0.2, 0) is 25.7 Å². The van der Waals surface area contributed by atoms with Crippen LogP contribution in [0, 0.1) is 28.9 Å². The molecule has 0 saturated carbocycles. The lowest BCUT2D eigenvalue weighted by Crippen LogP contribution is -2.48. The average molecular weight is 663 g/mol. The third-order valence-electron chi connectivity index (χ3n) is 8.68. The number of nitrogens with zero attached hydrogens (tertiary/aromatic N) is 4. The predicted molar refractivity (Wildman–Crippen MR) is 173 cm³/mol. The molecule has 5 rings (SSSR count). The number of aliphatic hydroxyl groups excluding tert-OH is 1. The predicted octanol–water partition coefficient (Wildman–Crippen LogP) is 2.66. The summed E-state index contributed by atoms with van der Waals surface area (Å²) in [6.07, 6.45) is 4.00. The first-order valence-electron chi connectivity index (χ1n) is 15.9. The van der Waals surface area contributed by atoms with Crippen LogP contribution in [0.25, 0.3) is 11.3 Å². The van der Waals surface area contributed by atoms with Crippen LogP contribution in [0.3, 0.4) is 0 Å². The molecule has 0 aliphatic carbocycles. The molecule has 2 aliphatic rings. The molecule has 0 bridgehead atoms. The van der Waals surface area contributed by atoms with Crippen molar-refractivity contribution in [3.05, 3.63) is 89.9 Å². The Bertz CT molecular complexity index is 1680. The van der Waals surface area contributed by atoms with Gasteiger partial charge in [-0.25, -0.2) is 13.8 Å². The summed E-state index contributed by atoms with van der Waals surface area (Å²) in [5.41, 5.74) is 0.406. The maximum atomic E-state index is 15.0. The van der Waals surface area contributed by atoms with Crippen molar-refractivity contribution in [2.45, 2.75) is 33.4 Å². The fourth-order valence-corrected chi connectivity index (χ4v) is 6.37. The van der Waals surface area contributed by atoms with Crippen molar-refractivity contribution in [1.29, 1.82) is 0 Å². The number of carbonyl (C=O) groups excluding carboxylic acids is 4. The van der Waals surface area contributed by atoms with Gasteiger partial charge in [-0.3, -0.25) is 24.1 Å². The van der Waals surface area contributed by atoms with Gasteiger partial charge in [-0.05, 0) is 29.2 Å². The van der Waals surface area contributed by atoms with Crippen molar-refractivity contribution in [3.63, 3.8) is 0 Å². The van der Waals surface area contributed by atoms with Gasteiger partial charge in [0.15, 0.2) is 0 Å². The minimum atomic E-state index is -0.791. The van der Waals surface area contributed by atoms with Crippen molar-refractivity contribution in [1.82, 2.24) is 30.0 Å². The number of aliphatic hydroxyl groups is 1. The van der Waals surface area contributed by atoms with E-state index in [4.69, 9.17) is 4.98 Å². The van der Waals surface area contributed by atoms with Crippen LogP contribution in [0.1, 0.15) is 38.2 Å². The van der Waals surface area contributed by atoms with Gasteiger partial charge in [0.25, 0.3) is 11.8 Å². The second-order valence-electron chi connectivity index (χ2n) is 13.2. The smallest absolute Gasteiger partial charge is 0.253 e. The van der Waals surface area contributed by atoms with Gasteiger partial charge >= 0.3 is 0 Å². The minimum absolute atomic E-state index is 0.0272. The van der Waals surface area contributed by atoms with Crippen LogP contribution < -0.4 is 10.6 Å². The molecular formula is C35H40F2N6O5. The van der Waals surface area contributed by atoms with Gasteiger partial charge in [0.1, 0.15) is 24.1 Å². The van der Waals surface area contributed by atoms with Crippen LogP contribution in [0.4, 0.5) is 8.78 Å². The van der Waals surface area contributed by atoms with Crippen molar-refractivity contribution in [2.75, 3.05) is 39.3 Å². The van der Waals surface area contributed by atoms with E-state index < -0.39 is 53.3 Å². The summed E-state index contributed by atoms with van der Waals surface area (Å²) in [6, 6.07) is 11.9. The zero-order chi connectivity index (χ0) is 34.6. The van der Waals surface area contributed by atoms with E-state index in [9.17, 15) is 28.7 Å². The van der Waals surface area contributed by atoms with Gasteiger partial charge in [-0.1, -0.05) is 51.1 Å². The molecule has 2 aromatic carbocycles. The van der Waals surface area contributed by atoms with E-state index in [0.717, 1.165) is 28.7 Å². The molecule has 0 spiro atoms. The summed E-state index contributed by atoms with van der Waals surface area (Å²) in [5, 5.41) is 16.2. The standard InChI is InChI=1S/C35H40F2N6O5/c1-35(2,3)32(33-40-28(25-15-24(36)9-10-27(25)37)20-41(33)18-22-7-5-4-6-8-22)43(31(47)21-44)19-23-16-38-17-26(23)34(48)39-13-14-42-29(45)11-12-30(42)46/h4-12,15,20,23,26,32,38,44H,13-14,16-19,21H2,1-3H3,(H,39,48)/t23?,26?,32-/m0/s1. The molecule has 1 fully saturated rings. The third-order valence-corrected chi connectivity index (χ3v) is 8.68. The highest BCUT2D eigenvalue weighted by Gasteiger charge is 2.42. The zero-order valence-electron chi connectivity index (χ0n) is 27.2. The molecular weight excluding hydrogens is 622 g/mol. The Balaban J connectivity index is 1.46. The number of amides is 4. The van der Waals surface area contributed by atoms with E-state index in [0.29, 0.717) is 25.5 Å². The highest BCUT2D eigenvalue weighted by atomic mass is 19.1. The van der Waals surface area contributed by atoms with Crippen LogP contribution in [0.15, 0.2) is 66.9 Å². The number of hydrogen-bond acceptors (Lipinski definition) is 7. The summed E-state index contributed by atoms with van der Waals surface area (Å²) in [7, 11) is 0. The highest BCUT2D eigenvalue weighted by molar-refractivity contribution is 6.12. The minimum Gasteiger partial charge on any atom is -0.387 e. The number of benzene rings is 2. The van der Waals surface area contributed by atoms with Crippen molar-refractivity contribution >= 4 is 23.6 Å². The largest absolute Gasteiger partial charge is 0.387 e. The van der Waals surface area contributed by atoms with Gasteiger partial charge in [-0.2, -0.15) is 0 Å². The van der Waals surface area contributed by atoms with Gasteiger partial charge in [-0.15, -0.1) is 0 Å². The van der Waals surface area contributed by atoms with Crippen molar-refractivity contribution in [2.24, 2.45) is 17.3 Å². The van der Waals surface area contributed by atoms with Crippen LogP contribution in [0.5, 0.6) is 0 Å². The summed E-state index contributed by atoms with van der Waals surface area (Å²) >= 11 is 0. The molecule has 2 unspecified atom stereocenters. The van der Waals surface area contributed by atoms with E-state index in [-0.39, 0.29) is 42.7 Å². The van der Waals surface area contributed by atoms with Crippen LogP contribution in [-0.4, -0.2) is 87.4 Å². The topological polar surface area (TPSA) is 137 Å². The van der Waals surface area contributed by atoms with Crippen molar-refractivity contribution in [3.8, 4) is 11.3 Å². The number of hydrogen-bond donors (Lipinski definition) is 3.